The van der Waals surface area contributed by atoms with Gasteiger partial charge in [-0.15, -0.1) is 0 Å². The SMILES string of the molecule is CCC1C=C(C)CC(C)CC(OC)C2OC(O)(C(=O)C(=O)N3CCCCC3C(=O)OC(C(C)=CC3CCC(OCC(=O)c4ccc(C(C)(C)C)cc4)C(OC)C3)C(C)C(O)CC1=O)C(C)CC2OC. The fourth-order valence-corrected chi connectivity index (χ4v) is 11.0. The van der Waals surface area contributed by atoms with E-state index in [9.17, 15) is 34.2 Å². The van der Waals surface area contributed by atoms with Crippen molar-refractivity contribution >= 4 is 29.2 Å². The van der Waals surface area contributed by atoms with Crippen LogP contribution in [0.1, 0.15) is 149 Å². The van der Waals surface area contributed by atoms with E-state index in [0.29, 0.717) is 62.5 Å². The number of cyclic esters (lactones) is 1. The quantitative estimate of drug-likeness (QED) is 0.101. The van der Waals surface area contributed by atoms with Gasteiger partial charge in [-0.25, -0.2) is 4.79 Å². The number of hydrogen-bond acceptors (Lipinski definition) is 13. The molecule has 69 heavy (non-hydrogen) atoms. The van der Waals surface area contributed by atoms with E-state index in [0.717, 1.165) is 11.1 Å². The highest BCUT2D eigenvalue weighted by Gasteiger charge is 2.56. The van der Waals surface area contributed by atoms with Crippen LogP contribution >= 0.6 is 0 Å². The number of ketones is 3. The Morgan fingerprint density at radius 2 is 1.54 bits per heavy atom. The van der Waals surface area contributed by atoms with E-state index >= 15 is 0 Å². The molecule has 1 aromatic rings. The maximum absolute atomic E-state index is 14.6. The molecule has 2 N–H and O–H groups in total. The summed E-state index contributed by atoms with van der Waals surface area (Å²) in [6, 6.07) is 6.47. The summed E-state index contributed by atoms with van der Waals surface area (Å²) < 4.78 is 36.6. The first kappa shape index (κ1) is 56.3. The Bertz CT molecular complexity index is 1990. The van der Waals surface area contributed by atoms with E-state index < -0.39 is 77.8 Å². The molecule has 0 spiro atoms. The van der Waals surface area contributed by atoms with Gasteiger partial charge in [0.15, 0.2) is 5.78 Å². The summed E-state index contributed by atoms with van der Waals surface area (Å²) >= 11 is 0. The minimum absolute atomic E-state index is 0.0187. The summed E-state index contributed by atoms with van der Waals surface area (Å²) in [5, 5.41) is 24.0. The van der Waals surface area contributed by atoms with Crippen LogP contribution in [-0.4, -0.2) is 133 Å². The van der Waals surface area contributed by atoms with Gasteiger partial charge in [0, 0.05) is 57.6 Å². The van der Waals surface area contributed by atoms with Crippen molar-refractivity contribution in [2.24, 2.45) is 29.6 Å². The van der Waals surface area contributed by atoms with Crippen LogP contribution in [-0.2, 0) is 53.0 Å². The van der Waals surface area contributed by atoms with Gasteiger partial charge in [-0.2, -0.15) is 0 Å². The van der Waals surface area contributed by atoms with Crippen molar-refractivity contribution < 1.29 is 62.6 Å². The first-order chi connectivity index (χ1) is 32.6. The van der Waals surface area contributed by atoms with Gasteiger partial charge in [-0.05, 0) is 106 Å². The molecule has 4 aliphatic rings. The summed E-state index contributed by atoms with van der Waals surface area (Å²) in [5.41, 5.74) is 3.33. The average molecular weight is 966 g/mol. The number of rotatable bonds is 10. The minimum atomic E-state index is -2.52. The van der Waals surface area contributed by atoms with Crippen LogP contribution in [0.15, 0.2) is 47.6 Å². The molecular weight excluding hydrogens is 883 g/mol. The van der Waals surface area contributed by atoms with Crippen LogP contribution in [0, 0.1) is 29.6 Å². The van der Waals surface area contributed by atoms with Crippen molar-refractivity contribution in [1.82, 2.24) is 4.90 Å². The third-order valence-electron chi connectivity index (χ3n) is 15.4. The number of ether oxygens (including phenoxy) is 6. The van der Waals surface area contributed by atoms with Crippen LogP contribution in [0.4, 0.5) is 0 Å². The highest BCUT2D eigenvalue weighted by molar-refractivity contribution is 6.39. The van der Waals surface area contributed by atoms with Crippen molar-refractivity contribution in [2.45, 2.75) is 193 Å². The summed E-state index contributed by atoms with van der Waals surface area (Å²) in [5.74, 6) is -7.82. The molecule has 5 rings (SSSR count). The van der Waals surface area contributed by atoms with Gasteiger partial charge in [0.05, 0.1) is 30.5 Å². The van der Waals surface area contributed by atoms with E-state index in [2.05, 4.69) is 27.7 Å². The molecule has 1 amide bonds. The number of esters is 1. The van der Waals surface area contributed by atoms with E-state index in [1.54, 1.807) is 21.0 Å². The lowest BCUT2D eigenvalue weighted by molar-refractivity contribution is -0.302. The maximum Gasteiger partial charge on any atom is 0.329 e. The third-order valence-corrected chi connectivity index (χ3v) is 15.4. The number of aliphatic hydroxyl groups excluding tert-OH is 1. The van der Waals surface area contributed by atoms with E-state index in [1.807, 2.05) is 57.2 Å². The Balaban J connectivity index is 1.43. The number of nitrogens with zero attached hydrogens (tertiary/aromatic N) is 1. The number of carbonyl (C=O) groups is 5. The second-order valence-electron chi connectivity index (χ2n) is 21.7. The van der Waals surface area contributed by atoms with Gasteiger partial charge < -0.3 is 43.5 Å². The Hall–Kier alpha value is -3.63. The monoisotopic (exact) mass is 966 g/mol. The predicted octanol–water partition coefficient (Wildman–Crippen LogP) is 7.68. The van der Waals surface area contributed by atoms with Crippen molar-refractivity contribution in [1.29, 1.82) is 0 Å². The molecule has 1 saturated carbocycles. The lowest BCUT2D eigenvalue weighted by Crippen LogP contribution is -2.64. The van der Waals surface area contributed by atoms with Crippen LogP contribution in [0.2, 0.25) is 0 Å². The molecule has 1 aliphatic carbocycles. The molecule has 14 unspecified atom stereocenters. The van der Waals surface area contributed by atoms with Crippen LogP contribution < -0.4 is 0 Å². The van der Waals surface area contributed by atoms with Gasteiger partial charge >= 0.3 is 5.97 Å². The number of piperidine rings is 1. The Morgan fingerprint density at radius 1 is 0.884 bits per heavy atom. The Morgan fingerprint density at radius 3 is 2.16 bits per heavy atom. The minimum Gasteiger partial charge on any atom is -0.456 e. The molecule has 14 nitrogen and oxygen atoms in total. The van der Waals surface area contributed by atoms with Crippen LogP contribution in [0.5, 0.6) is 0 Å². The Kier molecular flexibility index (Phi) is 20.1. The van der Waals surface area contributed by atoms with Crippen LogP contribution in [0.25, 0.3) is 0 Å². The standard InChI is InChI=1S/C55H83NO13/c1-13-38-25-32(2)24-33(3)26-47(65-11)50-48(66-12)28-35(5)55(63,69-50)51(60)52(61)56-23-15-14-16-41(56)53(62)68-49(36(6)42(57)30-43(38)58)34(4)27-37-17-22-45(46(29-37)64-10)67-31-44(59)39-18-20-40(21-19-39)54(7,8)9/h18-21,25,27,33,35-38,41-42,45-50,57,63H,13-17,22-24,26,28-31H2,1-12H3. The zero-order chi connectivity index (χ0) is 51.0. The van der Waals surface area contributed by atoms with Gasteiger partial charge in [-0.3, -0.25) is 19.2 Å². The molecule has 3 heterocycles. The number of fused-ring (bicyclic) bond motifs is 3. The van der Waals surface area contributed by atoms with Crippen molar-refractivity contribution in [2.75, 3.05) is 34.5 Å². The molecule has 2 bridgehead atoms. The van der Waals surface area contributed by atoms with E-state index in [4.69, 9.17) is 28.4 Å². The first-order valence-electron chi connectivity index (χ1n) is 25.4. The molecule has 3 fully saturated rings. The number of hydrogen-bond donors (Lipinski definition) is 2. The predicted molar refractivity (Wildman–Crippen MR) is 261 cm³/mol. The second-order valence-corrected chi connectivity index (χ2v) is 21.7. The third kappa shape index (κ3) is 13.9. The molecule has 0 aromatic heterocycles. The van der Waals surface area contributed by atoms with Crippen LogP contribution in [0.3, 0.4) is 0 Å². The highest BCUT2D eigenvalue weighted by Crippen LogP contribution is 2.39. The molecule has 3 aliphatic heterocycles. The number of Topliss-reactive ketones (excluding diaryl/α,β-unsaturated/α-hetero) is 3. The molecule has 1 aromatic carbocycles. The van der Waals surface area contributed by atoms with E-state index in [1.165, 1.54) is 19.1 Å². The topological polar surface area (TPSA) is 184 Å². The zero-order valence-corrected chi connectivity index (χ0v) is 43.5. The van der Waals surface area contributed by atoms with Crippen molar-refractivity contribution in [3.05, 3.63) is 58.7 Å². The largest absolute Gasteiger partial charge is 0.456 e. The first-order valence-corrected chi connectivity index (χ1v) is 25.4. The van der Waals surface area contributed by atoms with Crippen molar-refractivity contribution in [3.8, 4) is 0 Å². The number of methoxy groups -OCH3 is 3. The smallest absolute Gasteiger partial charge is 0.329 e. The maximum atomic E-state index is 14.6. The fourth-order valence-electron chi connectivity index (χ4n) is 11.0. The average Bonchev–Trinajstić information content (AvgIpc) is 3.32. The van der Waals surface area contributed by atoms with E-state index in [-0.39, 0.29) is 73.4 Å². The summed E-state index contributed by atoms with van der Waals surface area (Å²) in [7, 11) is 4.68. The molecular formula is C55H83NO13. The van der Waals surface area contributed by atoms with Gasteiger partial charge in [-0.1, -0.05) is 90.5 Å². The number of allylic oxidation sites excluding steroid dienone is 3. The fraction of sp³-hybridized carbons (Fsp3) is 0.727. The Labute approximate surface area is 411 Å². The summed E-state index contributed by atoms with van der Waals surface area (Å²) in [6.07, 6.45) is 3.84. The molecule has 0 radical (unpaired) electrons. The number of benzene rings is 1. The highest BCUT2D eigenvalue weighted by atomic mass is 16.7. The number of carbonyl (C=O) groups excluding carboxylic acids is 5. The summed E-state index contributed by atoms with van der Waals surface area (Å²) in [4.78, 5) is 71.7. The summed E-state index contributed by atoms with van der Waals surface area (Å²) in [6.45, 7) is 17.6. The van der Waals surface area contributed by atoms with Gasteiger partial charge in [0.25, 0.3) is 11.7 Å². The lowest BCUT2D eigenvalue weighted by Gasteiger charge is -2.47. The lowest BCUT2D eigenvalue weighted by atomic mass is 9.81. The zero-order valence-electron chi connectivity index (χ0n) is 43.5. The molecule has 14 heteroatoms. The van der Waals surface area contributed by atoms with Gasteiger partial charge in [0.1, 0.15) is 30.6 Å². The number of aliphatic hydroxyl groups is 2. The number of amides is 1. The molecule has 14 atom stereocenters. The second kappa shape index (κ2) is 24.7. The van der Waals surface area contributed by atoms with Gasteiger partial charge in [0.2, 0.25) is 5.79 Å². The van der Waals surface area contributed by atoms with Crippen molar-refractivity contribution in [3.63, 3.8) is 0 Å². The molecule has 386 valence electrons. The normalized spacial score (nSPS) is 35.4. The molecule has 2 saturated heterocycles.